The summed E-state index contributed by atoms with van der Waals surface area (Å²) >= 11 is 0. The number of sulfone groups is 1. The number of benzene rings is 1. The Kier molecular flexibility index (Phi) is 8.40. The van der Waals surface area contributed by atoms with Gasteiger partial charge in [-0.3, -0.25) is 9.59 Å². The van der Waals surface area contributed by atoms with Gasteiger partial charge >= 0.3 is 0 Å². The van der Waals surface area contributed by atoms with Crippen molar-refractivity contribution in [2.75, 3.05) is 32.5 Å². The molecule has 0 atom stereocenters. The third-order valence-corrected chi connectivity index (χ3v) is 4.75. The number of nitrogens with one attached hydrogen (secondary N) is 1. The second-order valence-electron chi connectivity index (χ2n) is 5.54. The van der Waals surface area contributed by atoms with Crippen LogP contribution >= 0.6 is 0 Å². The fourth-order valence-corrected chi connectivity index (χ4v) is 2.79. The number of hydrogen-bond donors (Lipinski definition) is 1. The Bertz CT molecular complexity index is 667. The van der Waals surface area contributed by atoms with Gasteiger partial charge in [-0.1, -0.05) is 0 Å². The average Bonchev–Trinajstić information content (AvgIpc) is 2.57. The van der Waals surface area contributed by atoms with E-state index in [1.807, 2.05) is 13.8 Å². The van der Waals surface area contributed by atoms with E-state index >= 15 is 0 Å². The van der Waals surface area contributed by atoms with Crippen LogP contribution in [0.4, 0.5) is 0 Å². The predicted molar refractivity (Wildman–Crippen MR) is 95.2 cm³/mol. The highest BCUT2D eigenvalue weighted by atomic mass is 32.2. The molecule has 0 saturated heterocycles. The van der Waals surface area contributed by atoms with E-state index < -0.39 is 9.84 Å². The predicted octanol–water partition coefficient (Wildman–Crippen LogP) is 1.23. The average molecular weight is 370 g/mol. The largest absolute Gasteiger partial charge is 0.494 e. The van der Waals surface area contributed by atoms with Crippen LogP contribution in [0, 0.1) is 0 Å². The molecule has 0 saturated carbocycles. The minimum atomic E-state index is -3.22. The Morgan fingerprint density at radius 3 is 2.24 bits per heavy atom. The van der Waals surface area contributed by atoms with E-state index in [0.717, 1.165) is 6.26 Å². The summed E-state index contributed by atoms with van der Waals surface area (Å²) in [7, 11) is -3.22. The van der Waals surface area contributed by atoms with Crippen LogP contribution in [0.5, 0.6) is 5.75 Å². The van der Waals surface area contributed by atoms with E-state index in [1.165, 1.54) is 12.1 Å². The van der Waals surface area contributed by atoms with Gasteiger partial charge in [0.1, 0.15) is 5.75 Å². The second-order valence-corrected chi connectivity index (χ2v) is 7.55. The highest BCUT2D eigenvalue weighted by Crippen LogP contribution is 2.16. The molecule has 0 aliphatic rings. The van der Waals surface area contributed by atoms with Crippen LogP contribution in [0.2, 0.25) is 0 Å². The fourth-order valence-electron chi connectivity index (χ4n) is 2.16. The van der Waals surface area contributed by atoms with Gasteiger partial charge in [0.25, 0.3) is 0 Å². The summed E-state index contributed by atoms with van der Waals surface area (Å²) in [5.41, 5.74) is 0. The number of rotatable bonds is 10. The second kappa shape index (κ2) is 10.0. The SMILES string of the molecule is CCN(CC)C(=O)CNC(=O)CCCOc1ccc(S(C)(=O)=O)cc1. The Balaban J connectivity index is 2.27. The zero-order chi connectivity index (χ0) is 18.9. The first-order chi connectivity index (χ1) is 11.8. The molecule has 0 radical (unpaired) electrons. The van der Waals surface area contributed by atoms with E-state index in [-0.39, 0.29) is 29.7 Å². The molecule has 0 bridgehead atoms. The summed E-state index contributed by atoms with van der Waals surface area (Å²) in [4.78, 5) is 25.4. The number of ether oxygens (including phenoxy) is 1. The van der Waals surface area contributed by atoms with E-state index in [2.05, 4.69) is 5.32 Å². The number of carbonyl (C=O) groups excluding carboxylic acids is 2. The first-order valence-electron chi connectivity index (χ1n) is 8.25. The van der Waals surface area contributed by atoms with Gasteiger partial charge in [-0.05, 0) is 44.5 Å². The van der Waals surface area contributed by atoms with Crippen molar-refractivity contribution in [1.29, 1.82) is 0 Å². The Labute approximate surface area is 149 Å². The van der Waals surface area contributed by atoms with Gasteiger partial charge in [-0.25, -0.2) is 8.42 Å². The van der Waals surface area contributed by atoms with Crippen molar-refractivity contribution in [3.8, 4) is 5.75 Å². The Morgan fingerprint density at radius 1 is 1.12 bits per heavy atom. The van der Waals surface area contributed by atoms with E-state index in [0.29, 0.717) is 31.9 Å². The summed E-state index contributed by atoms with van der Waals surface area (Å²) < 4.78 is 28.2. The van der Waals surface area contributed by atoms with Crippen molar-refractivity contribution in [1.82, 2.24) is 10.2 Å². The van der Waals surface area contributed by atoms with Gasteiger partial charge in [0.05, 0.1) is 18.0 Å². The van der Waals surface area contributed by atoms with Crippen LogP contribution in [0.1, 0.15) is 26.7 Å². The molecule has 0 unspecified atom stereocenters. The molecule has 7 nitrogen and oxygen atoms in total. The molecule has 25 heavy (non-hydrogen) atoms. The molecule has 0 spiro atoms. The molecule has 0 heterocycles. The van der Waals surface area contributed by atoms with Crippen LogP contribution < -0.4 is 10.1 Å². The molecule has 1 rings (SSSR count). The molecule has 2 amide bonds. The van der Waals surface area contributed by atoms with Gasteiger partial charge in [-0.15, -0.1) is 0 Å². The topological polar surface area (TPSA) is 92.8 Å². The van der Waals surface area contributed by atoms with E-state index in [9.17, 15) is 18.0 Å². The number of likely N-dealkylation sites (N-methyl/N-ethyl adjacent to an activating group) is 1. The first kappa shape index (κ1) is 21.0. The zero-order valence-electron chi connectivity index (χ0n) is 14.9. The van der Waals surface area contributed by atoms with Crippen molar-refractivity contribution in [3.05, 3.63) is 24.3 Å². The van der Waals surface area contributed by atoms with Gasteiger partial charge in [0, 0.05) is 25.8 Å². The van der Waals surface area contributed by atoms with Crippen LogP contribution in [-0.2, 0) is 19.4 Å². The van der Waals surface area contributed by atoms with Crippen LogP contribution in [0.25, 0.3) is 0 Å². The summed E-state index contributed by atoms with van der Waals surface area (Å²) in [5, 5.41) is 2.60. The smallest absolute Gasteiger partial charge is 0.241 e. The van der Waals surface area contributed by atoms with Crippen molar-refractivity contribution in [3.63, 3.8) is 0 Å². The first-order valence-corrected chi connectivity index (χ1v) is 10.1. The van der Waals surface area contributed by atoms with Crippen LogP contribution in [0.3, 0.4) is 0 Å². The molecule has 0 aliphatic carbocycles. The third-order valence-electron chi connectivity index (χ3n) is 3.62. The molecule has 0 fully saturated rings. The highest BCUT2D eigenvalue weighted by Gasteiger charge is 2.11. The summed E-state index contributed by atoms with van der Waals surface area (Å²) in [5.74, 6) is 0.251. The lowest BCUT2D eigenvalue weighted by Crippen LogP contribution is -2.40. The van der Waals surface area contributed by atoms with Crippen molar-refractivity contribution >= 4 is 21.7 Å². The number of nitrogens with zero attached hydrogens (tertiary/aromatic N) is 1. The van der Waals surface area contributed by atoms with E-state index in [4.69, 9.17) is 4.74 Å². The van der Waals surface area contributed by atoms with Gasteiger partial charge in [-0.2, -0.15) is 0 Å². The fraction of sp³-hybridized carbons (Fsp3) is 0.529. The number of amides is 2. The molecule has 0 aromatic heterocycles. The van der Waals surface area contributed by atoms with Crippen LogP contribution in [0.15, 0.2) is 29.2 Å². The summed E-state index contributed by atoms with van der Waals surface area (Å²) in [6.45, 7) is 5.37. The maximum atomic E-state index is 11.8. The quantitative estimate of drug-likeness (QED) is 0.626. The molecule has 1 N–H and O–H groups in total. The Morgan fingerprint density at radius 2 is 1.72 bits per heavy atom. The lowest BCUT2D eigenvalue weighted by molar-refractivity contribution is -0.132. The summed E-state index contributed by atoms with van der Waals surface area (Å²) in [6.07, 6.45) is 1.90. The molecular weight excluding hydrogens is 344 g/mol. The van der Waals surface area contributed by atoms with Crippen molar-refractivity contribution in [2.45, 2.75) is 31.6 Å². The molecule has 1 aromatic carbocycles. The van der Waals surface area contributed by atoms with Crippen LogP contribution in [-0.4, -0.2) is 57.6 Å². The molecule has 0 aliphatic heterocycles. The lowest BCUT2D eigenvalue weighted by atomic mass is 10.3. The number of carbonyl (C=O) groups is 2. The normalized spacial score (nSPS) is 11.0. The third kappa shape index (κ3) is 7.55. The zero-order valence-corrected chi connectivity index (χ0v) is 15.8. The minimum absolute atomic E-state index is 0.00826. The maximum absolute atomic E-state index is 11.8. The maximum Gasteiger partial charge on any atom is 0.241 e. The molecule has 140 valence electrons. The standard InChI is InChI=1S/C17H26N2O5S/c1-4-19(5-2)17(21)13-18-16(20)7-6-12-24-14-8-10-15(11-9-14)25(3,22)23/h8-11H,4-7,12-13H2,1-3H3,(H,18,20). The Hall–Kier alpha value is -2.09. The lowest BCUT2D eigenvalue weighted by Gasteiger charge is -2.18. The van der Waals surface area contributed by atoms with E-state index in [1.54, 1.807) is 17.0 Å². The van der Waals surface area contributed by atoms with Gasteiger partial charge in [0.15, 0.2) is 9.84 Å². The van der Waals surface area contributed by atoms with Crippen molar-refractivity contribution < 1.29 is 22.7 Å². The van der Waals surface area contributed by atoms with Gasteiger partial charge in [0.2, 0.25) is 11.8 Å². The minimum Gasteiger partial charge on any atom is -0.494 e. The molecule has 8 heteroatoms. The molecular formula is C17H26N2O5S. The summed E-state index contributed by atoms with van der Waals surface area (Å²) in [6, 6.07) is 6.13. The van der Waals surface area contributed by atoms with Gasteiger partial charge < -0.3 is 15.0 Å². The monoisotopic (exact) mass is 370 g/mol. The molecule has 1 aromatic rings. The number of hydrogen-bond acceptors (Lipinski definition) is 5. The van der Waals surface area contributed by atoms with Crippen molar-refractivity contribution in [2.24, 2.45) is 0 Å². The highest BCUT2D eigenvalue weighted by molar-refractivity contribution is 7.90.